The van der Waals surface area contributed by atoms with Crippen LogP contribution in [0.2, 0.25) is 5.02 Å². The molecule has 3 amide bonds. The van der Waals surface area contributed by atoms with Crippen molar-refractivity contribution in [3.63, 3.8) is 0 Å². The van der Waals surface area contributed by atoms with Crippen molar-refractivity contribution < 1.29 is 189 Å². The summed E-state index contributed by atoms with van der Waals surface area (Å²) < 4.78 is 84.7. The second kappa shape index (κ2) is 42.6. The standard InChI is InChI=1S/C28H25N3O5.C24H18FN3O3.C17H15ClN2O3.C14H16FNO2.CH2O3.CH4S.2K.H/c1-31(2)28(32)18-4-6-22(25(13-18)33-3)26-14-23-27(36-26)21(8-10-30-23)17-5-7-24(19(12-17)15-29)35-20-9-11-34-16-20;1-28(2)24(29)15-4-6-18(21(11-15)30-3)22-12-20-23(31-22)17(8-9-27-20)14-5-7-19(25)16(10-14)13-26;1-20(2)17(21)10-4-5-11(14(8-10)22-3)15-9-13-16(23-15)12(18)6-7-19-13;1-13(2)14(3,4)18-12(17-13)9-5-6-11(15)10(7-9)8-16;2-1-4-3;1-2;;;/h4-8,10,12-14,20H,9,11,16H2,1-3H3;4-12H,1-3H3;4-9H,1-3H3;5-7,12H,1-4H3;1,3H;2H,1H3;;;/q;;;;;;2*+1;-1/p-1. The van der Waals surface area contributed by atoms with Gasteiger partial charge in [0.15, 0.2) is 23.0 Å². The second-order valence-electron chi connectivity index (χ2n) is 26.7. The SMILES string of the molecule is CC1(C)OC(c2ccc(F)c(C#N)c2)OC1(C)C.COc1cc(C(=O)N(C)C)ccc1-c1cc2nccc(-c3ccc(F)c(C#N)c3)c2o1.COc1cc(C(=O)N(C)C)ccc1-c1cc2nccc(-c3ccc(OC4CCOC4)c(C#N)c3)c2o1.COc1cc(C(=O)N(C)C)ccc1-c1cc2nccc(Cl)c2o1.CS.O=CO[O-].[H-].[K+].[K+]. The van der Waals surface area contributed by atoms with E-state index in [0.29, 0.717) is 142 Å². The van der Waals surface area contributed by atoms with Crippen LogP contribution in [0.4, 0.5) is 8.78 Å². The normalized spacial score (nSPS) is 13.3. The van der Waals surface area contributed by atoms with E-state index in [1.807, 2.05) is 64.1 Å². The van der Waals surface area contributed by atoms with E-state index in [1.165, 1.54) is 46.1 Å². The molecule has 8 heterocycles. The van der Waals surface area contributed by atoms with Gasteiger partial charge in [-0.1, -0.05) is 29.8 Å². The Kier molecular flexibility index (Phi) is 34.4. The van der Waals surface area contributed by atoms with Gasteiger partial charge in [0, 0.05) is 119 Å². The minimum atomic E-state index is -0.575. The van der Waals surface area contributed by atoms with Crippen molar-refractivity contribution in [3.05, 3.63) is 220 Å². The number of nitrogens with zero attached hydrogens (tertiary/aromatic N) is 9. The molecule has 590 valence electrons. The number of carbonyl (C=O) groups excluding carboxylic acids is 4. The number of thiol groups is 1. The molecule has 0 aliphatic carbocycles. The van der Waals surface area contributed by atoms with Crippen molar-refractivity contribution in [1.29, 1.82) is 15.8 Å². The van der Waals surface area contributed by atoms with Gasteiger partial charge in [0.25, 0.3) is 24.2 Å². The first-order valence-electron chi connectivity index (χ1n) is 34.8. The Labute approximate surface area is 765 Å². The Morgan fingerprint density at radius 1 is 0.534 bits per heavy atom. The van der Waals surface area contributed by atoms with Crippen LogP contribution in [0, 0.1) is 45.6 Å². The monoisotopic (exact) mass is 1670 g/mol. The van der Waals surface area contributed by atoms with Crippen molar-refractivity contribution in [2.24, 2.45) is 0 Å². The summed E-state index contributed by atoms with van der Waals surface area (Å²) in [5, 5.41) is 36.6. The molecular formula is C85H80ClF2K2N9O16S. The Hall–Kier alpha value is -9.45. The molecule has 0 saturated carbocycles. The number of halogens is 3. The fourth-order valence-electron chi connectivity index (χ4n) is 11.7. The summed E-state index contributed by atoms with van der Waals surface area (Å²) in [5.74, 6) is 2.31. The molecule has 1 unspecified atom stereocenters. The van der Waals surface area contributed by atoms with E-state index in [1.54, 1.807) is 178 Å². The fourth-order valence-corrected chi connectivity index (χ4v) is 11.9. The molecule has 116 heavy (non-hydrogen) atoms. The minimum Gasteiger partial charge on any atom is -1.00 e. The number of methoxy groups -OCH3 is 3. The van der Waals surface area contributed by atoms with Gasteiger partial charge in [0.1, 0.15) is 92.8 Å². The smallest absolute Gasteiger partial charge is 1.00 e. The number of fused-ring (bicyclic) bond motifs is 3. The number of hydrogen-bond acceptors (Lipinski definition) is 23. The summed E-state index contributed by atoms with van der Waals surface area (Å²) in [4.78, 5) is 65.5. The van der Waals surface area contributed by atoms with Crippen LogP contribution < -0.4 is 127 Å². The molecule has 6 aromatic carbocycles. The van der Waals surface area contributed by atoms with Crippen LogP contribution in [0.3, 0.4) is 0 Å². The Morgan fingerprint density at radius 3 is 1.29 bits per heavy atom. The van der Waals surface area contributed by atoms with E-state index in [9.17, 15) is 28.4 Å². The van der Waals surface area contributed by atoms with Crippen molar-refractivity contribution in [3.8, 4) is 97.4 Å². The number of amides is 3. The number of hydrogen-bond donors (Lipinski definition) is 1. The van der Waals surface area contributed by atoms with Gasteiger partial charge in [0.05, 0.1) is 84.1 Å². The van der Waals surface area contributed by atoms with Gasteiger partial charge in [-0.25, -0.2) is 8.78 Å². The summed E-state index contributed by atoms with van der Waals surface area (Å²) in [7, 11) is 14.8. The summed E-state index contributed by atoms with van der Waals surface area (Å²) in [6.07, 6.45) is 6.85. The van der Waals surface area contributed by atoms with Crippen molar-refractivity contribution in [2.75, 3.05) is 83.1 Å². The van der Waals surface area contributed by atoms with Crippen LogP contribution in [-0.4, -0.2) is 154 Å². The van der Waals surface area contributed by atoms with Crippen LogP contribution >= 0.6 is 24.2 Å². The maximum Gasteiger partial charge on any atom is 1.00 e. The number of rotatable bonds is 15. The summed E-state index contributed by atoms with van der Waals surface area (Å²) >= 11 is 9.65. The van der Waals surface area contributed by atoms with Gasteiger partial charge < -0.3 is 72.7 Å². The van der Waals surface area contributed by atoms with Crippen LogP contribution in [-0.2, 0) is 23.9 Å². The maximum atomic E-state index is 13.7. The predicted octanol–water partition coefficient (Wildman–Crippen LogP) is 10.1. The largest absolute Gasteiger partial charge is 1.00 e. The number of carbonyl (C=O) groups is 4. The van der Waals surface area contributed by atoms with Crippen molar-refractivity contribution in [1.82, 2.24) is 29.7 Å². The average Bonchev–Trinajstić information content (AvgIpc) is 1.64. The van der Waals surface area contributed by atoms with Crippen LogP contribution in [0.15, 0.2) is 177 Å². The maximum absolute atomic E-state index is 13.7. The van der Waals surface area contributed by atoms with Crippen molar-refractivity contribution >= 4 is 81.7 Å². The number of aromatic nitrogens is 3. The van der Waals surface area contributed by atoms with Gasteiger partial charge in [-0.2, -0.15) is 28.4 Å². The second-order valence-corrected chi connectivity index (χ2v) is 27.1. The number of ether oxygens (including phenoxy) is 7. The van der Waals surface area contributed by atoms with Crippen molar-refractivity contribution in [2.45, 2.75) is 57.7 Å². The third kappa shape index (κ3) is 22.0. The quantitative estimate of drug-likeness (QED) is 0.0328. The zero-order chi connectivity index (χ0) is 82.9. The van der Waals surface area contributed by atoms with Gasteiger partial charge in [-0.15, -0.1) is 0 Å². The Morgan fingerprint density at radius 2 is 0.914 bits per heavy atom. The molecule has 0 bridgehead atoms. The van der Waals surface area contributed by atoms with E-state index >= 15 is 0 Å². The molecule has 2 fully saturated rings. The molecule has 0 radical (unpaired) electrons. The van der Waals surface area contributed by atoms with Crippen LogP contribution in [0.1, 0.15) is 95.2 Å². The third-order valence-electron chi connectivity index (χ3n) is 18.2. The summed E-state index contributed by atoms with van der Waals surface area (Å²) in [6.45, 7) is 8.80. The first kappa shape index (κ1) is 93.7. The Balaban J connectivity index is 0.000000241. The van der Waals surface area contributed by atoms with E-state index in [2.05, 4.69) is 38.5 Å². The molecule has 6 aromatic heterocycles. The molecule has 12 aromatic rings. The predicted molar refractivity (Wildman–Crippen MR) is 425 cm³/mol. The molecule has 2 aliphatic rings. The molecular weight excluding hydrogens is 1590 g/mol. The first-order chi connectivity index (χ1) is 54.6. The van der Waals surface area contributed by atoms with Crippen LogP contribution in [0.25, 0.3) is 89.5 Å². The van der Waals surface area contributed by atoms with Gasteiger partial charge in [0.2, 0.25) is 0 Å². The summed E-state index contributed by atoms with van der Waals surface area (Å²) in [5.41, 5.74) is 10.3. The topological polar surface area (TPSA) is 324 Å². The number of pyridine rings is 3. The first-order valence-corrected chi connectivity index (χ1v) is 36.1. The van der Waals surface area contributed by atoms with E-state index in [0.717, 1.165) is 23.1 Å². The molecule has 2 saturated heterocycles. The van der Waals surface area contributed by atoms with Gasteiger partial charge >= 0.3 is 103 Å². The molecule has 0 spiro atoms. The summed E-state index contributed by atoms with van der Waals surface area (Å²) in [6, 6.07) is 46.4. The Bertz CT molecular complexity index is 5650. The van der Waals surface area contributed by atoms with Crippen LogP contribution in [0.5, 0.6) is 23.0 Å². The third-order valence-corrected chi connectivity index (χ3v) is 18.5. The van der Waals surface area contributed by atoms with E-state index in [-0.39, 0.29) is 146 Å². The molecule has 31 heteroatoms. The molecule has 25 nitrogen and oxygen atoms in total. The number of benzene rings is 6. The zero-order valence-corrected chi connectivity index (χ0v) is 74.5. The minimum absolute atomic E-state index is 0. The average molecular weight is 1670 g/mol. The molecule has 2 aliphatic heterocycles. The van der Waals surface area contributed by atoms with Gasteiger partial charge in [-0.05, 0) is 154 Å². The zero-order valence-electron chi connectivity index (χ0n) is 67.6. The number of nitriles is 3. The fraction of sp³-hybridized carbons (Fsp3) is 0.247. The van der Waals surface area contributed by atoms with Gasteiger partial charge in [-0.3, -0.25) is 34.1 Å². The molecule has 14 rings (SSSR count). The molecule has 0 N–H and O–H groups in total. The van der Waals surface area contributed by atoms with E-state index in [4.69, 9.17) is 78.6 Å². The molecule has 1 atom stereocenters. The number of furan rings is 3. The van der Waals surface area contributed by atoms with E-state index < -0.39 is 29.1 Å².